The molecule has 0 spiro atoms. The van der Waals surface area contributed by atoms with Crippen LogP contribution in [0, 0.1) is 13.8 Å². The van der Waals surface area contributed by atoms with Gasteiger partial charge in [-0.2, -0.15) is 0 Å². The summed E-state index contributed by atoms with van der Waals surface area (Å²) in [5.74, 6) is 1.48. The van der Waals surface area contributed by atoms with Gasteiger partial charge in [0, 0.05) is 41.9 Å². The van der Waals surface area contributed by atoms with Gasteiger partial charge >= 0.3 is 0 Å². The first-order valence-electron chi connectivity index (χ1n) is 8.27. The summed E-state index contributed by atoms with van der Waals surface area (Å²) in [7, 11) is 0. The topological polar surface area (TPSA) is 58.7 Å². The summed E-state index contributed by atoms with van der Waals surface area (Å²) in [6.07, 6.45) is 1.70. The second kappa shape index (κ2) is 6.54. The molecule has 0 saturated carbocycles. The number of hydrogen-bond donors (Lipinski definition) is 1. The van der Waals surface area contributed by atoms with Crippen LogP contribution in [-0.4, -0.2) is 28.1 Å². The standard InChI is InChI=1S/C19H20N2O3S/c1-12-3-4-18(25-12)14-7-15-9-21(10-16-11-24-13(2)20-16)5-6-23-19(15)17(22)8-14/h3-4,7-8,11,22H,5-6,9-10H2,1-2H3. The zero-order valence-electron chi connectivity index (χ0n) is 14.3. The molecule has 0 bridgehead atoms. The molecule has 0 fully saturated rings. The third-order valence-electron chi connectivity index (χ3n) is 4.27. The molecule has 0 saturated heterocycles. The number of oxazole rings is 1. The molecule has 130 valence electrons. The van der Waals surface area contributed by atoms with Crippen molar-refractivity contribution < 1.29 is 14.3 Å². The van der Waals surface area contributed by atoms with Gasteiger partial charge in [-0.25, -0.2) is 4.98 Å². The van der Waals surface area contributed by atoms with Crippen LogP contribution in [0.1, 0.15) is 22.0 Å². The third-order valence-corrected chi connectivity index (χ3v) is 5.32. The predicted octanol–water partition coefficient (Wildman–Crippen LogP) is 4.12. The van der Waals surface area contributed by atoms with Gasteiger partial charge in [-0.05, 0) is 36.8 Å². The monoisotopic (exact) mass is 356 g/mol. The Kier molecular flexibility index (Phi) is 4.23. The van der Waals surface area contributed by atoms with Crippen LogP contribution in [0.5, 0.6) is 11.5 Å². The molecule has 2 aromatic heterocycles. The Morgan fingerprint density at radius 1 is 1.28 bits per heavy atom. The van der Waals surface area contributed by atoms with E-state index in [0.29, 0.717) is 31.3 Å². The zero-order chi connectivity index (χ0) is 17.4. The fourth-order valence-corrected chi connectivity index (χ4v) is 3.98. The summed E-state index contributed by atoms with van der Waals surface area (Å²) >= 11 is 1.72. The van der Waals surface area contributed by atoms with Crippen molar-refractivity contribution in [1.29, 1.82) is 0 Å². The number of ether oxygens (including phenoxy) is 1. The average Bonchev–Trinajstić information content (AvgIpc) is 3.11. The first-order valence-corrected chi connectivity index (χ1v) is 9.09. The van der Waals surface area contributed by atoms with Crippen molar-refractivity contribution in [2.75, 3.05) is 13.2 Å². The molecule has 0 unspecified atom stereocenters. The van der Waals surface area contributed by atoms with Crippen LogP contribution in [0.25, 0.3) is 10.4 Å². The minimum absolute atomic E-state index is 0.206. The quantitative estimate of drug-likeness (QED) is 0.765. The Balaban J connectivity index is 1.63. The Hall–Kier alpha value is -2.31. The number of hydrogen-bond acceptors (Lipinski definition) is 6. The molecule has 1 aromatic carbocycles. The van der Waals surface area contributed by atoms with Crippen molar-refractivity contribution in [3.8, 4) is 21.9 Å². The second-order valence-electron chi connectivity index (χ2n) is 6.31. The Morgan fingerprint density at radius 2 is 2.16 bits per heavy atom. The van der Waals surface area contributed by atoms with Crippen molar-refractivity contribution in [1.82, 2.24) is 9.88 Å². The lowest BCUT2D eigenvalue weighted by atomic mass is 10.1. The molecule has 5 nitrogen and oxygen atoms in total. The molecule has 6 heteroatoms. The average molecular weight is 356 g/mol. The van der Waals surface area contributed by atoms with Crippen LogP contribution >= 0.6 is 11.3 Å². The number of thiophene rings is 1. The molecular weight excluding hydrogens is 336 g/mol. The van der Waals surface area contributed by atoms with Crippen molar-refractivity contribution in [2.24, 2.45) is 0 Å². The van der Waals surface area contributed by atoms with Gasteiger partial charge in [0.05, 0.1) is 5.69 Å². The van der Waals surface area contributed by atoms with E-state index in [4.69, 9.17) is 9.15 Å². The van der Waals surface area contributed by atoms with Crippen molar-refractivity contribution in [3.63, 3.8) is 0 Å². The molecule has 0 amide bonds. The molecule has 0 atom stereocenters. The number of aromatic nitrogens is 1. The van der Waals surface area contributed by atoms with Crippen molar-refractivity contribution in [3.05, 3.63) is 52.6 Å². The molecule has 4 rings (SSSR count). The van der Waals surface area contributed by atoms with Gasteiger partial charge in [0.2, 0.25) is 0 Å². The fraction of sp³-hybridized carbons (Fsp3) is 0.316. The van der Waals surface area contributed by atoms with E-state index in [0.717, 1.165) is 28.2 Å². The van der Waals surface area contributed by atoms with E-state index in [1.807, 2.05) is 6.92 Å². The highest BCUT2D eigenvalue weighted by atomic mass is 32.1. The van der Waals surface area contributed by atoms with Gasteiger partial charge in [0.1, 0.15) is 12.9 Å². The number of phenolic OH excluding ortho intramolecular Hbond substituents is 1. The van der Waals surface area contributed by atoms with Crippen LogP contribution in [0.15, 0.2) is 34.9 Å². The SMILES string of the molecule is Cc1nc(CN2CCOc3c(O)cc(-c4ccc(C)s4)cc3C2)co1. The number of fused-ring (bicyclic) bond motifs is 1. The zero-order valence-corrected chi connectivity index (χ0v) is 15.1. The lowest BCUT2D eigenvalue weighted by Gasteiger charge is -2.18. The Labute approximate surface area is 150 Å². The van der Waals surface area contributed by atoms with Gasteiger partial charge in [0.25, 0.3) is 0 Å². The van der Waals surface area contributed by atoms with E-state index in [1.54, 1.807) is 23.7 Å². The first kappa shape index (κ1) is 16.2. The molecular formula is C19H20N2O3S. The maximum Gasteiger partial charge on any atom is 0.191 e. The normalized spacial score (nSPS) is 14.8. The number of benzene rings is 1. The lowest BCUT2D eigenvalue weighted by molar-refractivity contribution is 0.215. The van der Waals surface area contributed by atoms with Crippen molar-refractivity contribution >= 4 is 11.3 Å². The second-order valence-corrected chi connectivity index (χ2v) is 7.60. The van der Waals surface area contributed by atoms with E-state index in [1.165, 1.54) is 4.88 Å². The van der Waals surface area contributed by atoms with Gasteiger partial charge < -0.3 is 14.3 Å². The largest absolute Gasteiger partial charge is 0.504 e. The summed E-state index contributed by atoms with van der Waals surface area (Å²) in [4.78, 5) is 9.04. The summed E-state index contributed by atoms with van der Waals surface area (Å²) in [5.41, 5.74) is 2.94. The van der Waals surface area contributed by atoms with E-state index in [2.05, 4.69) is 35.0 Å². The van der Waals surface area contributed by atoms with Crippen LogP contribution < -0.4 is 4.74 Å². The Morgan fingerprint density at radius 3 is 2.88 bits per heavy atom. The fourth-order valence-electron chi connectivity index (χ4n) is 3.13. The lowest BCUT2D eigenvalue weighted by Crippen LogP contribution is -2.25. The maximum atomic E-state index is 10.4. The number of nitrogens with zero attached hydrogens (tertiary/aromatic N) is 2. The minimum atomic E-state index is 0.206. The summed E-state index contributed by atoms with van der Waals surface area (Å²) < 4.78 is 11.1. The first-order chi connectivity index (χ1) is 12.1. The summed E-state index contributed by atoms with van der Waals surface area (Å²) in [5, 5.41) is 10.4. The Bertz CT molecular complexity index is 900. The molecule has 3 aromatic rings. The highest BCUT2D eigenvalue weighted by Gasteiger charge is 2.21. The predicted molar refractivity (Wildman–Crippen MR) is 97.0 cm³/mol. The molecule has 0 radical (unpaired) electrons. The van der Waals surface area contributed by atoms with E-state index >= 15 is 0 Å². The smallest absolute Gasteiger partial charge is 0.191 e. The number of phenols is 1. The van der Waals surface area contributed by atoms with E-state index in [-0.39, 0.29) is 5.75 Å². The van der Waals surface area contributed by atoms with Gasteiger partial charge in [-0.15, -0.1) is 11.3 Å². The van der Waals surface area contributed by atoms with Crippen molar-refractivity contribution in [2.45, 2.75) is 26.9 Å². The highest BCUT2D eigenvalue weighted by Crippen LogP contribution is 2.39. The van der Waals surface area contributed by atoms with Crippen LogP contribution in [0.4, 0.5) is 0 Å². The number of aromatic hydroxyl groups is 1. The molecule has 1 aliphatic heterocycles. The van der Waals surface area contributed by atoms with E-state index in [9.17, 15) is 5.11 Å². The molecule has 25 heavy (non-hydrogen) atoms. The van der Waals surface area contributed by atoms with Crippen LogP contribution in [0.3, 0.4) is 0 Å². The highest BCUT2D eigenvalue weighted by molar-refractivity contribution is 7.15. The van der Waals surface area contributed by atoms with Crippen LogP contribution in [-0.2, 0) is 13.1 Å². The van der Waals surface area contributed by atoms with Gasteiger partial charge in [-0.1, -0.05) is 0 Å². The molecule has 3 heterocycles. The minimum Gasteiger partial charge on any atom is -0.504 e. The molecule has 0 aliphatic carbocycles. The molecule has 1 aliphatic rings. The third kappa shape index (κ3) is 3.41. The maximum absolute atomic E-state index is 10.4. The summed E-state index contributed by atoms with van der Waals surface area (Å²) in [6, 6.07) is 8.10. The van der Waals surface area contributed by atoms with Gasteiger partial charge in [-0.3, -0.25) is 4.90 Å². The molecule has 1 N–H and O–H groups in total. The number of rotatable bonds is 3. The number of aryl methyl sites for hydroxylation is 2. The van der Waals surface area contributed by atoms with Crippen LogP contribution in [0.2, 0.25) is 0 Å². The summed E-state index contributed by atoms with van der Waals surface area (Å²) in [6.45, 7) is 6.64. The van der Waals surface area contributed by atoms with E-state index < -0.39 is 0 Å². The van der Waals surface area contributed by atoms with Gasteiger partial charge in [0.15, 0.2) is 17.4 Å².